The molecule has 7 nitrogen and oxygen atoms in total. The predicted molar refractivity (Wildman–Crippen MR) is 68.4 cm³/mol. The molecule has 2 N–H and O–H groups in total. The van der Waals surface area contributed by atoms with Crippen molar-refractivity contribution in [2.24, 2.45) is 21.6 Å². The summed E-state index contributed by atoms with van der Waals surface area (Å²) in [6.07, 6.45) is 1.28. The van der Waals surface area contributed by atoms with Crippen LogP contribution in [0.1, 0.15) is 18.6 Å². The number of hydrogen-bond donors (Lipinski definition) is 1. The Bertz CT molecular complexity index is 730. The highest BCUT2D eigenvalue weighted by molar-refractivity contribution is 6.00. The molecule has 7 heteroatoms. The molecule has 21 heavy (non-hydrogen) atoms. The first-order chi connectivity index (χ1) is 10.1. The van der Waals surface area contributed by atoms with Gasteiger partial charge in [0, 0.05) is 0 Å². The summed E-state index contributed by atoms with van der Waals surface area (Å²) in [5.74, 6) is -1.47. The maximum Gasteiger partial charge on any atom is 0.294 e. The molecule has 3 heterocycles. The van der Waals surface area contributed by atoms with E-state index in [1.165, 1.54) is 6.26 Å². The summed E-state index contributed by atoms with van der Waals surface area (Å²) >= 11 is 0. The lowest BCUT2D eigenvalue weighted by Crippen LogP contribution is -2.39. The Kier molecular flexibility index (Phi) is 2.04. The fourth-order valence-corrected chi connectivity index (χ4v) is 3.74. The van der Waals surface area contributed by atoms with Crippen molar-refractivity contribution in [1.29, 1.82) is 10.5 Å². The van der Waals surface area contributed by atoms with Crippen LogP contribution in [0.5, 0.6) is 0 Å². The van der Waals surface area contributed by atoms with Crippen molar-refractivity contribution in [3.05, 3.63) is 24.2 Å². The molecule has 1 aliphatic carbocycles. The number of aliphatic imine (C=N–C) groups is 1. The zero-order chi connectivity index (χ0) is 14.9. The second-order valence-corrected chi connectivity index (χ2v) is 5.61. The van der Waals surface area contributed by atoms with Crippen LogP contribution in [0.25, 0.3) is 0 Å². The number of hydrogen-bond acceptors (Lipinski definition) is 7. The summed E-state index contributed by atoms with van der Waals surface area (Å²) in [6, 6.07) is 7.79. The molecular formula is C14H12N4O3. The molecule has 0 unspecified atom stereocenters. The Labute approximate surface area is 120 Å². The first-order valence-corrected chi connectivity index (χ1v) is 6.61. The van der Waals surface area contributed by atoms with E-state index in [0.717, 1.165) is 0 Å². The van der Waals surface area contributed by atoms with Gasteiger partial charge in [0.2, 0.25) is 0 Å². The van der Waals surface area contributed by atoms with Crippen LogP contribution >= 0.6 is 0 Å². The minimum Gasteiger partial charge on any atom is -0.469 e. The van der Waals surface area contributed by atoms with Crippen LogP contribution in [-0.2, 0) is 9.47 Å². The van der Waals surface area contributed by atoms with Crippen molar-refractivity contribution in [1.82, 2.24) is 0 Å². The van der Waals surface area contributed by atoms with E-state index >= 15 is 0 Å². The second kappa shape index (κ2) is 3.45. The lowest BCUT2D eigenvalue weighted by molar-refractivity contribution is -0.193. The zero-order valence-electron chi connectivity index (χ0n) is 11.2. The van der Waals surface area contributed by atoms with E-state index < -0.39 is 22.7 Å². The molecule has 1 saturated heterocycles. The molecule has 106 valence electrons. The number of nitrogens with two attached hydrogens (primary N) is 1. The van der Waals surface area contributed by atoms with Gasteiger partial charge in [0.15, 0.2) is 10.8 Å². The van der Waals surface area contributed by atoms with Gasteiger partial charge in [0.1, 0.15) is 11.6 Å². The molecule has 1 spiro atoms. The Morgan fingerprint density at radius 2 is 2.24 bits per heavy atom. The van der Waals surface area contributed by atoms with Gasteiger partial charge in [0.25, 0.3) is 5.91 Å². The molecule has 2 aliphatic heterocycles. The minimum atomic E-state index is -1.52. The number of ether oxygens (including phenoxy) is 2. The first-order valence-electron chi connectivity index (χ1n) is 6.61. The molecule has 1 saturated carbocycles. The molecule has 5 atom stereocenters. The van der Waals surface area contributed by atoms with E-state index in [4.69, 9.17) is 19.6 Å². The normalized spacial score (nSPS) is 46.7. The van der Waals surface area contributed by atoms with E-state index in [1.54, 1.807) is 12.1 Å². The Morgan fingerprint density at radius 3 is 2.76 bits per heavy atom. The standard InChI is InChI=1S/C14H12N4O3/c1-8-5-20-14(21-8)13(7-16)10(9-3-2-4-19-9)12(13,6-15)11(17)18-14/h2-4,8,10H,5H2,1H3,(H2,17,18)/t8-,10-,12-,13-,14-/m1/s1. The zero-order valence-corrected chi connectivity index (χ0v) is 11.2. The average Bonchev–Trinajstić information content (AvgIpc) is 2.87. The van der Waals surface area contributed by atoms with Crippen molar-refractivity contribution in [3.63, 3.8) is 0 Å². The Hall–Kier alpha value is -2.35. The maximum absolute atomic E-state index is 9.83. The quantitative estimate of drug-likeness (QED) is 0.817. The molecule has 3 aliphatic rings. The maximum atomic E-state index is 9.83. The average molecular weight is 284 g/mol. The highest BCUT2D eigenvalue weighted by Gasteiger charge is 2.95. The van der Waals surface area contributed by atoms with Gasteiger partial charge < -0.3 is 19.6 Å². The summed E-state index contributed by atoms with van der Waals surface area (Å²) in [7, 11) is 0. The molecular weight excluding hydrogens is 272 g/mol. The van der Waals surface area contributed by atoms with Crippen molar-refractivity contribution >= 4 is 5.84 Å². The van der Waals surface area contributed by atoms with Gasteiger partial charge in [-0.1, -0.05) is 0 Å². The molecule has 0 amide bonds. The lowest BCUT2D eigenvalue weighted by Gasteiger charge is -2.25. The van der Waals surface area contributed by atoms with E-state index in [9.17, 15) is 10.5 Å². The van der Waals surface area contributed by atoms with Crippen LogP contribution < -0.4 is 5.73 Å². The fourth-order valence-electron chi connectivity index (χ4n) is 3.74. The molecule has 1 aromatic rings. The lowest BCUT2D eigenvalue weighted by atomic mass is 9.94. The largest absolute Gasteiger partial charge is 0.469 e. The van der Waals surface area contributed by atoms with Gasteiger partial charge in [0.05, 0.1) is 37.0 Å². The SMILES string of the molecule is C[C@@H]1CO[C@@]2(N=C(N)[C@@]3(C#N)[C@@H](c4ccco4)[C@@]23C#N)O1. The van der Waals surface area contributed by atoms with E-state index in [0.29, 0.717) is 12.4 Å². The predicted octanol–water partition coefficient (Wildman–Crippen LogP) is 0.857. The van der Waals surface area contributed by atoms with Crippen LogP contribution in [0, 0.1) is 33.5 Å². The van der Waals surface area contributed by atoms with Crippen molar-refractivity contribution in [3.8, 4) is 12.1 Å². The van der Waals surface area contributed by atoms with Gasteiger partial charge in [-0.25, -0.2) is 4.99 Å². The van der Waals surface area contributed by atoms with Crippen LogP contribution in [-0.4, -0.2) is 24.5 Å². The molecule has 0 radical (unpaired) electrons. The molecule has 1 aromatic heterocycles. The third-order valence-electron chi connectivity index (χ3n) is 4.63. The van der Waals surface area contributed by atoms with Crippen LogP contribution in [0.2, 0.25) is 0 Å². The number of nitriles is 2. The topological polar surface area (TPSA) is 118 Å². The Morgan fingerprint density at radius 1 is 1.43 bits per heavy atom. The monoisotopic (exact) mass is 284 g/mol. The van der Waals surface area contributed by atoms with Crippen molar-refractivity contribution in [2.75, 3.05) is 6.61 Å². The van der Waals surface area contributed by atoms with Crippen molar-refractivity contribution in [2.45, 2.75) is 24.9 Å². The third-order valence-corrected chi connectivity index (χ3v) is 4.63. The second-order valence-electron chi connectivity index (χ2n) is 5.61. The van der Waals surface area contributed by atoms with Gasteiger partial charge in [-0.15, -0.1) is 0 Å². The number of rotatable bonds is 1. The van der Waals surface area contributed by atoms with Crippen LogP contribution in [0.4, 0.5) is 0 Å². The van der Waals surface area contributed by atoms with Gasteiger partial charge >= 0.3 is 0 Å². The molecule has 2 fully saturated rings. The van der Waals surface area contributed by atoms with E-state index in [2.05, 4.69) is 17.1 Å². The van der Waals surface area contributed by atoms with Gasteiger partial charge in [-0.2, -0.15) is 10.5 Å². The number of fused-ring (bicyclic) bond motifs is 2. The van der Waals surface area contributed by atoms with Gasteiger partial charge in [-0.05, 0) is 19.1 Å². The van der Waals surface area contributed by atoms with Crippen molar-refractivity contribution < 1.29 is 13.9 Å². The van der Waals surface area contributed by atoms with Crippen LogP contribution in [0.15, 0.2) is 27.8 Å². The summed E-state index contributed by atoms with van der Waals surface area (Å²) in [5, 5.41) is 19.5. The minimum absolute atomic E-state index is 0.0713. The number of nitrogens with zero attached hydrogens (tertiary/aromatic N) is 3. The highest BCUT2D eigenvalue weighted by atomic mass is 16.8. The highest BCUT2D eigenvalue weighted by Crippen LogP contribution is 2.82. The number of furan rings is 1. The molecule has 0 bridgehead atoms. The molecule has 4 rings (SSSR count). The van der Waals surface area contributed by atoms with Crippen LogP contribution in [0.3, 0.4) is 0 Å². The molecule has 0 aromatic carbocycles. The van der Waals surface area contributed by atoms with Gasteiger partial charge in [-0.3, -0.25) is 0 Å². The van der Waals surface area contributed by atoms with E-state index in [1.807, 2.05) is 6.92 Å². The summed E-state index contributed by atoms with van der Waals surface area (Å²) in [4.78, 5) is 4.21. The summed E-state index contributed by atoms with van der Waals surface area (Å²) in [5.41, 5.74) is 3.43. The number of amidine groups is 1. The summed E-state index contributed by atoms with van der Waals surface area (Å²) < 4.78 is 16.9. The first kappa shape index (κ1) is 12.4. The van der Waals surface area contributed by atoms with E-state index in [-0.39, 0.29) is 11.9 Å². The third kappa shape index (κ3) is 1.03. The Balaban J connectivity index is 1.94. The summed E-state index contributed by atoms with van der Waals surface area (Å²) in [6.45, 7) is 2.12. The fraction of sp³-hybridized carbons (Fsp3) is 0.500. The smallest absolute Gasteiger partial charge is 0.294 e.